The molecule has 4 rings (SSSR count). The summed E-state index contributed by atoms with van der Waals surface area (Å²) in [6, 6.07) is 9.72. The molecule has 2 N–H and O–H groups in total. The van der Waals surface area contributed by atoms with Crippen LogP contribution < -0.4 is 4.74 Å². The van der Waals surface area contributed by atoms with E-state index in [0.717, 1.165) is 60.4 Å². The molecule has 0 unspecified atom stereocenters. The molecule has 1 fully saturated rings. The smallest absolute Gasteiger partial charge is 0.303 e. The molecule has 35 heavy (non-hydrogen) atoms. The van der Waals surface area contributed by atoms with Gasteiger partial charge in [-0.1, -0.05) is 0 Å². The maximum absolute atomic E-state index is 11.6. The van der Waals surface area contributed by atoms with Gasteiger partial charge < -0.3 is 19.8 Å². The van der Waals surface area contributed by atoms with Crippen molar-refractivity contribution < 1.29 is 19.7 Å². The molecule has 6 nitrogen and oxygen atoms in total. The van der Waals surface area contributed by atoms with Crippen LogP contribution in [0.4, 0.5) is 0 Å². The number of aromatic nitrogens is 1. The minimum Gasteiger partial charge on any atom is -0.497 e. The Hall–Kier alpha value is -2.13. The highest BCUT2D eigenvalue weighted by Gasteiger charge is 2.31. The van der Waals surface area contributed by atoms with Crippen molar-refractivity contribution >= 4 is 40.0 Å². The maximum Gasteiger partial charge on any atom is 0.303 e. The number of fused-ring (bicyclic) bond motifs is 1. The Morgan fingerprint density at radius 1 is 1.31 bits per heavy atom. The number of aliphatic hydroxyl groups is 1. The number of nitrogens with zero attached hydrogens (tertiary/aromatic N) is 2. The summed E-state index contributed by atoms with van der Waals surface area (Å²) in [5.74, 6) is 1.42. The summed E-state index contributed by atoms with van der Waals surface area (Å²) in [5.41, 5.74) is 3.01. The monoisotopic (exact) mass is 514 g/mol. The Morgan fingerprint density at radius 3 is 2.91 bits per heavy atom. The molecule has 1 aromatic carbocycles. The summed E-state index contributed by atoms with van der Waals surface area (Å²) >= 11 is 3.68. The number of methoxy groups -OCH3 is 1. The lowest BCUT2D eigenvalue weighted by atomic mass is 9.79. The second kappa shape index (κ2) is 12.2. The molecule has 3 aromatic rings. The van der Waals surface area contributed by atoms with Crippen LogP contribution in [0.3, 0.4) is 0 Å². The van der Waals surface area contributed by atoms with E-state index in [1.54, 1.807) is 24.6 Å². The van der Waals surface area contributed by atoms with Crippen molar-refractivity contribution in [3.63, 3.8) is 0 Å². The average Bonchev–Trinajstić information content (AvgIpc) is 3.26. The topological polar surface area (TPSA) is 82.9 Å². The lowest BCUT2D eigenvalue weighted by molar-refractivity contribution is -0.139. The van der Waals surface area contributed by atoms with E-state index in [4.69, 9.17) is 4.74 Å². The van der Waals surface area contributed by atoms with Crippen LogP contribution in [0, 0.1) is 18.8 Å². The highest BCUT2D eigenvalue weighted by molar-refractivity contribution is 8.01. The fraction of sp³-hybridized carbons (Fsp3) is 0.481. The van der Waals surface area contributed by atoms with Crippen molar-refractivity contribution in [2.24, 2.45) is 11.8 Å². The maximum atomic E-state index is 11.6. The number of thiophene rings is 1. The Kier molecular flexibility index (Phi) is 9.05. The van der Waals surface area contributed by atoms with Crippen molar-refractivity contribution in [3.05, 3.63) is 53.0 Å². The molecule has 188 valence electrons. The SMILES string of the molecule is COc1ccc2nccc([C@H](O)CC[C@@H]3CCN(CCSc4sccc4C)C[C@@H]3CC(=O)O)c2c1. The van der Waals surface area contributed by atoms with Crippen LogP contribution in [0.1, 0.15) is 42.9 Å². The van der Waals surface area contributed by atoms with E-state index in [9.17, 15) is 15.0 Å². The van der Waals surface area contributed by atoms with Crippen molar-refractivity contribution in [2.45, 2.75) is 42.9 Å². The van der Waals surface area contributed by atoms with Crippen LogP contribution in [0.5, 0.6) is 5.75 Å². The molecule has 1 aliphatic rings. The van der Waals surface area contributed by atoms with Gasteiger partial charge in [0.05, 0.1) is 22.9 Å². The van der Waals surface area contributed by atoms with E-state index in [-0.39, 0.29) is 12.3 Å². The standard InChI is InChI=1S/C27H34N2O4S2/c1-18-9-13-34-27(18)35-14-12-29-11-8-19(20(17-29)15-26(31)32)3-6-25(30)22-7-10-28-24-5-4-21(33-2)16-23(22)24/h4-5,7,9-10,13,16,19-20,25,30H,3,6,8,11-12,14-15,17H2,1-2H3,(H,31,32)/t19-,20+,25-/m1/s1. The third-order valence-corrected chi connectivity index (χ3v) is 9.44. The number of rotatable bonds is 11. The van der Waals surface area contributed by atoms with Crippen molar-refractivity contribution in [2.75, 3.05) is 32.5 Å². The van der Waals surface area contributed by atoms with Gasteiger partial charge in [-0.25, -0.2) is 0 Å². The molecule has 0 saturated carbocycles. The lowest BCUT2D eigenvalue weighted by Gasteiger charge is -2.38. The number of piperidine rings is 1. The summed E-state index contributed by atoms with van der Waals surface area (Å²) in [4.78, 5) is 18.4. The molecule has 8 heteroatoms. The van der Waals surface area contributed by atoms with Gasteiger partial charge in [0.1, 0.15) is 5.75 Å². The summed E-state index contributed by atoms with van der Waals surface area (Å²) in [6.07, 6.45) is 3.67. The van der Waals surface area contributed by atoms with Gasteiger partial charge in [0, 0.05) is 36.8 Å². The van der Waals surface area contributed by atoms with Gasteiger partial charge in [0.25, 0.3) is 0 Å². The average molecular weight is 515 g/mol. The number of aliphatic hydroxyl groups excluding tert-OH is 1. The zero-order valence-electron chi connectivity index (χ0n) is 20.4. The highest BCUT2D eigenvalue weighted by Crippen LogP contribution is 2.35. The molecule has 2 aromatic heterocycles. The van der Waals surface area contributed by atoms with Gasteiger partial charge in [-0.05, 0) is 91.4 Å². The number of carbonyl (C=O) groups is 1. The summed E-state index contributed by atoms with van der Waals surface area (Å²) in [6.45, 7) is 4.91. The molecular formula is C27H34N2O4S2. The van der Waals surface area contributed by atoms with Crippen LogP contribution in [0.2, 0.25) is 0 Å². The normalized spacial score (nSPS) is 19.6. The van der Waals surface area contributed by atoms with Gasteiger partial charge in [-0.15, -0.1) is 23.1 Å². The van der Waals surface area contributed by atoms with Crippen LogP contribution in [-0.2, 0) is 4.79 Å². The third kappa shape index (κ3) is 6.76. The first kappa shape index (κ1) is 25.9. The number of hydrogen-bond donors (Lipinski definition) is 2. The van der Waals surface area contributed by atoms with Crippen molar-refractivity contribution in [1.29, 1.82) is 0 Å². The van der Waals surface area contributed by atoms with Crippen LogP contribution >= 0.6 is 23.1 Å². The zero-order chi connectivity index (χ0) is 24.8. The fourth-order valence-electron chi connectivity index (χ4n) is 5.06. The minimum absolute atomic E-state index is 0.108. The van der Waals surface area contributed by atoms with Crippen LogP contribution in [0.25, 0.3) is 10.9 Å². The number of carboxylic acid groups (broad SMARTS) is 1. The molecule has 3 heterocycles. The van der Waals surface area contributed by atoms with E-state index in [1.807, 2.05) is 36.0 Å². The largest absolute Gasteiger partial charge is 0.497 e. The first-order chi connectivity index (χ1) is 16.9. The Morgan fingerprint density at radius 2 is 2.17 bits per heavy atom. The number of carboxylic acids is 1. The minimum atomic E-state index is -0.738. The molecule has 1 saturated heterocycles. The molecular weight excluding hydrogens is 480 g/mol. The molecule has 0 radical (unpaired) electrons. The number of benzene rings is 1. The number of aliphatic carboxylic acids is 1. The van der Waals surface area contributed by atoms with E-state index < -0.39 is 12.1 Å². The molecule has 0 aliphatic carbocycles. The summed E-state index contributed by atoms with van der Waals surface area (Å²) in [5, 5.41) is 23.6. The van der Waals surface area contributed by atoms with E-state index in [0.29, 0.717) is 12.3 Å². The number of likely N-dealkylation sites (tertiary alicyclic amines) is 1. The van der Waals surface area contributed by atoms with Gasteiger partial charge >= 0.3 is 5.97 Å². The quantitative estimate of drug-likeness (QED) is 0.321. The number of hydrogen-bond acceptors (Lipinski definition) is 7. The van der Waals surface area contributed by atoms with Crippen LogP contribution in [0.15, 0.2) is 46.1 Å². The second-order valence-electron chi connectivity index (χ2n) is 9.32. The fourth-order valence-corrected chi connectivity index (χ4v) is 7.23. The number of pyridine rings is 1. The first-order valence-electron chi connectivity index (χ1n) is 12.2. The predicted octanol–water partition coefficient (Wildman–Crippen LogP) is 5.63. The zero-order valence-corrected chi connectivity index (χ0v) is 22.0. The Bertz CT molecular complexity index is 1140. The molecule has 3 atom stereocenters. The van der Waals surface area contributed by atoms with E-state index in [1.165, 1.54) is 9.77 Å². The second-order valence-corrected chi connectivity index (χ2v) is 11.6. The lowest BCUT2D eigenvalue weighted by Crippen LogP contribution is -2.42. The van der Waals surface area contributed by atoms with Crippen molar-refractivity contribution in [1.82, 2.24) is 9.88 Å². The third-order valence-electron chi connectivity index (χ3n) is 7.02. The van der Waals surface area contributed by atoms with E-state index >= 15 is 0 Å². The predicted molar refractivity (Wildman–Crippen MR) is 143 cm³/mol. The van der Waals surface area contributed by atoms with E-state index in [2.05, 4.69) is 28.3 Å². The Labute approximate surface area is 215 Å². The van der Waals surface area contributed by atoms with Gasteiger partial charge in [-0.3, -0.25) is 9.78 Å². The van der Waals surface area contributed by atoms with Crippen molar-refractivity contribution in [3.8, 4) is 5.75 Å². The van der Waals surface area contributed by atoms with Gasteiger partial charge in [-0.2, -0.15) is 0 Å². The summed E-state index contributed by atoms with van der Waals surface area (Å²) in [7, 11) is 1.63. The van der Waals surface area contributed by atoms with Gasteiger partial charge in [0.2, 0.25) is 0 Å². The summed E-state index contributed by atoms with van der Waals surface area (Å²) < 4.78 is 6.73. The molecule has 0 spiro atoms. The van der Waals surface area contributed by atoms with Crippen LogP contribution in [-0.4, -0.2) is 58.6 Å². The first-order valence-corrected chi connectivity index (χ1v) is 14.0. The number of aryl methyl sites for hydroxylation is 1. The molecule has 0 bridgehead atoms. The number of ether oxygens (including phenoxy) is 1. The number of thioether (sulfide) groups is 1. The Balaban J connectivity index is 1.35. The molecule has 1 aliphatic heterocycles. The molecule has 0 amide bonds. The highest BCUT2D eigenvalue weighted by atomic mass is 32.2. The van der Waals surface area contributed by atoms with Gasteiger partial charge in [0.15, 0.2) is 0 Å².